The summed E-state index contributed by atoms with van der Waals surface area (Å²) < 4.78 is 0. The number of rotatable bonds is 2. The van der Waals surface area contributed by atoms with Crippen molar-refractivity contribution < 1.29 is 14.7 Å². The predicted octanol–water partition coefficient (Wildman–Crippen LogP) is 2.01. The topological polar surface area (TPSA) is 72.9 Å². The van der Waals surface area contributed by atoms with Gasteiger partial charge in [-0.3, -0.25) is 4.79 Å². The Morgan fingerprint density at radius 2 is 2.14 bits per heavy atom. The van der Waals surface area contributed by atoms with Gasteiger partial charge in [-0.15, -0.1) is 0 Å². The number of aliphatic carboxylic acids is 1. The summed E-state index contributed by atoms with van der Waals surface area (Å²) in [7, 11) is 2.04. The summed E-state index contributed by atoms with van der Waals surface area (Å²) in [5.41, 5.74) is 3.21. The highest BCUT2D eigenvalue weighted by Crippen LogP contribution is 2.29. The van der Waals surface area contributed by atoms with Crippen molar-refractivity contribution in [3.05, 3.63) is 23.8 Å². The smallest absolute Gasteiger partial charge is 0.321 e. The van der Waals surface area contributed by atoms with Gasteiger partial charge in [-0.1, -0.05) is 6.07 Å². The van der Waals surface area contributed by atoms with Crippen molar-refractivity contribution in [3.8, 4) is 0 Å². The lowest BCUT2D eigenvalue weighted by Crippen LogP contribution is -2.44. The monoisotopic (exact) mass is 303 g/mol. The number of carboxylic acids is 1. The van der Waals surface area contributed by atoms with E-state index in [4.69, 9.17) is 5.11 Å². The fourth-order valence-electron chi connectivity index (χ4n) is 3.18. The Morgan fingerprint density at radius 1 is 1.32 bits per heavy atom. The third kappa shape index (κ3) is 2.86. The lowest BCUT2D eigenvalue weighted by Gasteiger charge is -2.30. The molecule has 1 saturated heterocycles. The third-order valence-corrected chi connectivity index (χ3v) is 4.52. The molecule has 22 heavy (non-hydrogen) atoms. The number of nitrogens with one attached hydrogen (secondary N) is 1. The molecule has 6 heteroatoms. The lowest BCUT2D eigenvalue weighted by atomic mass is 9.99. The first-order valence-electron chi connectivity index (χ1n) is 7.67. The molecule has 3 rings (SSSR count). The highest BCUT2D eigenvalue weighted by atomic mass is 16.4. The van der Waals surface area contributed by atoms with Crippen LogP contribution in [0.2, 0.25) is 0 Å². The molecule has 0 bridgehead atoms. The Labute approximate surface area is 129 Å². The number of fused-ring (bicyclic) bond motifs is 1. The third-order valence-electron chi connectivity index (χ3n) is 4.52. The first-order valence-corrected chi connectivity index (χ1v) is 7.67. The van der Waals surface area contributed by atoms with Gasteiger partial charge in [0.05, 0.1) is 5.92 Å². The normalized spacial score (nSPS) is 20.7. The molecule has 2 aliphatic heterocycles. The van der Waals surface area contributed by atoms with Gasteiger partial charge in [-0.2, -0.15) is 0 Å². The molecule has 1 fully saturated rings. The quantitative estimate of drug-likeness (QED) is 0.876. The largest absolute Gasteiger partial charge is 0.481 e. The van der Waals surface area contributed by atoms with Gasteiger partial charge in [0.25, 0.3) is 0 Å². The molecule has 0 aromatic heterocycles. The maximum Gasteiger partial charge on any atom is 0.321 e. The van der Waals surface area contributed by atoms with Crippen LogP contribution in [0.1, 0.15) is 18.4 Å². The molecular formula is C16H21N3O3. The number of piperidine rings is 1. The van der Waals surface area contributed by atoms with Crippen LogP contribution in [0.5, 0.6) is 0 Å². The molecule has 0 saturated carbocycles. The highest BCUT2D eigenvalue weighted by Gasteiger charge is 2.28. The summed E-state index contributed by atoms with van der Waals surface area (Å²) in [5, 5.41) is 12.0. The Morgan fingerprint density at radius 3 is 2.91 bits per heavy atom. The highest BCUT2D eigenvalue weighted by molar-refractivity contribution is 5.90. The Bertz CT molecular complexity index is 602. The van der Waals surface area contributed by atoms with Crippen LogP contribution in [0, 0.1) is 5.92 Å². The van der Waals surface area contributed by atoms with Gasteiger partial charge in [0, 0.05) is 38.1 Å². The van der Waals surface area contributed by atoms with Gasteiger partial charge in [-0.05, 0) is 37.0 Å². The fourth-order valence-corrected chi connectivity index (χ4v) is 3.18. The van der Waals surface area contributed by atoms with Gasteiger partial charge in [0.1, 0.15) is 0 Å². The van der Waals surface area contributed by atoms with E-state index in [1.54, 1.807) is 4.90 Å². The second kappa shape index (κ2) is 5.87. The van der Waals surface area contributed by atoms with E-state index >= 15 is 0 Å². The molecule has 0 spiro atoms. The summed E-state index contributed by atoms with van der Waals surface area (Å²) in [6.07, 6.45) is 2.41. The molecule has 1 unspecified atom stereocenters. The summed E-state index contributed by atoms with van der Waals surface area (Å²) in [4.78, 5) is 27.2. The van der Waals surface area contributed by atoms with Crippen LogP contribution < -0.4 is 10.2 Å². The number of likely N-dealkylation sites (tertiary alicyclic amines) is 1. The number of hydrogen-bond donors (Lipinski definition) is 2. The van der Waals surface area contributed by atoms with Crippen molar-refractivity contribution >= 4 is 23.4 Å². The maximum atomic E-state index is 12.3. The van der Waals surface area contributed by atoms with Crippen LogP contribution in [0.4, 0.5) is 16.2 Å². The zero-order valence-electron chi connectivity index (χ0n) is 12.7. The SMILES string of the molecule is CN1CCc2ccc(NC(=O)N3CCCC(C(=O)O)C3)cc21. The number of amides is 2. The zero-order chi connectivity index (χ0) is 15.7. The van der Waals surface area contributed by atoms with E-state index in [0.29, 0.717) is 13.0 Å². The molecule has 0 aliphatic carbocycles. The average Bonchev–Trinajstić information content (AvgIpc) is 2.88. The maximum absolute atomic E-state index is 12.3. The van der Waals surface area contributed by atoms with Crippen LogP contribution in [-0.2, 0) is 11.2 Å². The molecule has 6 nitrogen and oxygen atoms in total. The molecule has 118 valence electrons. The van der Waals surface area contributed by atoms with Crippen molar-refractivity contribution in [2.75, 3.05) is 36.9 Å². The van der Waals surface area contributed by atoms with Crippen LogP contribution in [0.25, 0.3) is 0 Å². The van der Waals surface area contributed by atoms with Gasteiger partial charge in [0.2, 0.25) is 0 Å². The summed E-state index contributed by atoms with van der Waals surface area (Å²) in [5.74, 6) is -1.28. The van der Waals surface area contributed by atoms with Crippen LogP contribution >= 0.6 is 0 Å². The average molecular weight is 303 g/mol. The van der Waals surface area contributed by atoms with Crippen molar-refractivity contribution in [1.29, 1.82) is 0 Å². The number of urea groups is 1. The van der Waals surface area contributed by atoms with Gasteiger partial charge in [0.15, 0.2) is 0 Å². The molecule has 2 amide bonds. The summed E-state index contributed by atoms with van der Waals surface area (Å²) >= 11 is 0. The Kier molecular flexibility index (Phi) is 3.92. The van der Waals surface area contributed by atoms with Gasteiger partial charge >= 0.3 is 12.0 Å². The van der Waals surface area contributed by atoms with Crippen molar-refractivity contribution in [2.24, 2.45) is 5.92 Å². The van der Waals surface area contributed by atoms with E-state index in [1.807, 2.05) is 25.2 Å². The second-order valence-corrected chi connectivity index (χ2v) is 6.07. The minimum absolute atomic E-state index is 0.216. The summed E-state index contributed by atoms with van der Waals surface area (Å²) in [6, 6.07) is 5.73. The number of anilines is 2. The van der Waals surface area contributed by atoms with E-state index in [-0.39, 0.29) is 12.6 Å². The first-order chi connectivity index (χ1) is 10.5. The van der Waals surface area contributed by atoms with E-state index in [9.17, 15) is 9.59 Å². The van der Waals surface area contributed by atoms with Crippen LogP contribution in [0.3, 0.4) is 0 Å². The number of likely N-dealkylation sites (N-methyl/N-ethyl adjacent to an activating group) is 1. The number of carboxylic acid groups (broad SMARTS) is 1. The van der Waals surface area contributed by atoms with E-state index < -0.39 is 11.9 Å². The fraction of sp³-hybridized carbons (Fsp3) is 0.500. The minimum atomic E-state index is -0.823. The first kappa shape index (κ1) is 14.7. The number of carbonyl (C=O) groups excluding carboxylic acids is 1. The number of carbonyl (C=O) groups is 2. The standard InChI is InChI=1S/C16H21N3O3/c1-18-8-6-11-4-5-13(9-14(11)18)17-16(22)19-7-2-3-12(10-19)15(20)21/h4-5,9,12H,2-3,6-8,10H2,1H3,(H,17,22)(H,20,21). The number of nitrogens with zero attached hydrogens (tertiary/aromatic N) is 2. The Balaban J connectivity index is 1.67. The van der Waals surface area contributed by atoms with E-state index in [0.717, 1.165) is 30.8 Å². The molecule has 0 radical (unpaired) electrons. The molecule has 2 aliphatic rings. The zero-order valence-corrected chi connectivity index (χ0v) is 12.7. The predicted molar refractivity (Wildman–Crippen MR) is 84.4 cm³/mol. The number of benzene rings is 1. The number of hydrogen-bond acceptors (Lipinski definition) is 3. The lowest BCUT2D eigenvalue weighted by molar-refractivity contribution is -0.143. The molecule has 2 heterocycles. The molecule has 1 aromatic rings. The van der Waals surface area contributed by atoms with Crippen molar-refractivity contribution in [1.82, 2.24) is 4.90 Å². The van der Waals surface area contributed by atoms with E-state index in [2.05, 4.69) is 10.2 Å². The molecule has 2 N–H and O–H groups in total. The Hall–Kier alpha value is -2.24. The van der Waals surface area contributed by atoms with E-state index in [1.165, 1.54) is 5.56 Å². The van der Waals surface area contributed by atoms with Gasteiger partial charge < -0.3 is 20.2 Å². The van der Waals surface area contributed by atoms with Crippen LogP contribution in [0.15, 0.2) is 18.2 Å². The minimum Gasteiger partial charge on any atom is -0.481 e. The molecular weight excluding hydrogens is 282 g/mol. The summed E-state index contributed by atoms with van der Waals surface area (Å²) in [6.45, 7) is 1.89. The van der Waals surface area contributed by atoms with Crippen molar-refractivity contribution in [3.63, 3.8) is 0 Å². The molecule has 1 aromatic carbocycles. The second-order valence-electron chi connectivity index (χ2n) is 6.07. The van der Waals surface area contributed by atoms with Crippen LogP contribution in [-0.4, -0.2) is 48.7 Å². The molecule has 1 atom stereocenters. The van der Waals surface area contributed by atoms with Crippen molar-refractivity contribution in [2.45, 2.75) is 19.3 Å². The van der Waals surface area contributed by atoms with Gasteiger partial charge in [-0.25, -0.2) is 4.79 Å².